The summed E-state index contributed by atoms with van der Waals surface area (Å²) in [6.07, 6.45) is 4.71. The second-order valence-electron chi connectivity index (χ2n) is 4.76. The van der Waals surface area contributed by atoms with Crippen LogP contribution in [0.15, 0.2) is 41.1 Å². The molecular formula is C15H18BrN3. The lowest BCUT2D eigenvalue weighted by Gasteiger charge is -2.15. The van der Waals surface area contributed by atoms with Crippen molar-refractivity contribution < 1.29 is 0 Å². The van der Waals surface area contributed by atoms with Crippen molar-refractivity contribution in [1.82, 2.24) is 14.9 Å². The number of rotatable bonds is 5. The summed E-state index contributed by atoms with van der Waals surface area (Å²) in [5.41, 5.74) is 3.33. The monoisotopic (exact) mass is 319 g/mol. The first-order valence-corrected chi connectivity index (χ1v) is 7.13. The van der Waals surface area contributed by atoms with Crippen LogP contribution in [0.4, 0.5) is 0 Å². The molecule has 1 aromatic carbocycles. The number of nitrogens with zero attached hydrogens (tertiary/aromatic N) is 3. The van der Waals surface area contributed by atoms with E-state index in [1.807, 2.05) is 19.3 Å². The molecule has 0 spiro atoms. The normalized spacial score (nSPS) is 10.9. The zero-order valence-electron chi connectivity index (χ0n) is 11.3. The minimum atomic E-state index is 0.837. The molecule has 0 bridgehead atoms. The summed E-state index contributed by atoms with van der Waals surface area (Å²) < 4.78 is 1.12. The fraction of sp³-hybridized carbons (Fsp3) is 0.333. The molecule has 0 saturated heterocycles. The Morgan fingerprint density at radius 1 is 1.11 bits per heavy atom. The molecular weight excluding hydrogens is 302 g/mol. The quantitative estimate of drug-likeness (QED) is 0.847. The minimum absolute atomic E-state index is 0.837. The maximum Gasteiger partial charge on any atom is 0.0726 e. The fourth-order valence-corrected chi connectivity index (χ4v) is 2.09. The summed E-state index contributed by atoms with van der Waals surface area (Å²) in [4.78, 5) is 10.9. The summed E-state index contributed by atoms with van der Waals surface area (Å²) in [6, 6.07) is 8.48. The average molecular weight is 320 g/mol. The van der Waals surface area contributed by atoms with E-state index in [-0.39, 0.29) is 0 Å². The summed E-state index contributed by atoms with van der Waals surface area (Å²) >= 11 is 3.45. The molecule has 0 unspecified atom stereocenters. The van der Waals surface area contributed by atoms with Crippen LogP contribution in [0.25, 0.3) is 0 Å². The number of aryl methyl sites for hydroxylation is 1. The third-order valence-corrected chi connectivity index (χ3v) is 3.49. The standard InChI is InChI=1S/C15H18BrN3/c1-12-9-18-15(10-17-12)11-19(2)8-7-13-3-5-14(16)6-4-13/h3-6,9-10H,7-8,11H2,1-2H3. The van der Waals surface area contributed by atoms with E-state index >= 15 is 0 Å². The molecule has 4 heteroatoms. The van der Waals surface area contributed by atoms with Gasteiger partial charge in [-0.15, -0.1) is 0 Å². The second kappa shape index (κ2) is 6.78. The first-order valence-electron chi connectivity index (χ1n) is 6.34. The van der Waals surface area contributed by atoms with Gasteiger partial charge in [-0.25, -0.2) is 0 Å². The van der Waals surface area contributed by atoms with Crippen LogP contribution in [0.2, 0.25) is 0 Å². The van der Waals surface area contributed by atoms with Gasteiger partial charge in [-0.3, -0.25) is 9.97 Å². The van der Waals surface area contributed by atoms with Crippen LogP contribution in [0.3, 0.4) is 0 Å². The van der Waals surface area contributed by atoms with Crippen LogP contribution >= 0.6 is 15.9 Å². The second-order valence-corrected chi connectivity index (χ2v) is 5.68. The van der Waals surface area contributed by atoms with Gasteiger partial charge in [0.25, 0.3) is 0 Å². The molecule has 0 amide bonds. The van der Waals surface area contributed by atoms with Crippen LogP contribution < -0.4 is 0 Å². The Morgan fingerprint density at radius 2 is 1.84 bits per heavy atom. The summed E-state index contributed by atoms with van der Waals surface area (Å²) in [5.74, 6) is 0. The summed E-state index contributed by atoms with van der Waals surface area (Å²) in [6.45, 7) is 3.80. The molecule has 2 aromatic rings. The number of hydrogen-bond donors (Lipinski definition) is 0. The number of hydrogen-bond acceptors (Lipinski definition) is 3. The van der Waals surface area contributed by atoms with Crippen LogP contribution in [0.5, 0.6) is 0 Å². The number of likely N-dealkylation sites (N-methyl/N-ethyl adjacent to an activating group) is 1. The van der Waals surface area contributed by atoms with Gasteiger partial charge in [-0.1, -0.05) is 28.1 Å². The van der Waals surface area contributed by atoms with E-state index in [0.717, 1.165) is 35.4 Å². The Bertz CT molecular complexity index is 508. The van der Waals surface area contributed by atoms with Gasteiger partial charge >= 0.3 is 0 Å². The summed E-state index contributed by atoms with van der Waals surface area (Å²) in [7, 11) is 2.11. The van der Waals surface area contributed by atoms with Gasteiger partial charge in [0.05, 0.1) is 11.4 Å². The predicted octanol–water partition coefficient (Wildman–Crippen LogP) is 3.22. The smallest absolute Gasteiger partial charge is 0.0726 e. The van der Waals surface area contributed by atoms with Crippen molar-refractivity contribution in [3.05, 3.63) is 58.1 Å². The highest BCUT2D eigenvalue weighted by Gasteiger charge is 2.02. The van der Waals surface area contributed by atoms with E-state index in [0.29, 0.717) is 0 Å². The maximum absolute atomic E-state index is 4.37. The van der Waals surface area contributed by atoms with E-state index < -0.39 is 0 Å². The lowest BCUT2D eigenvalue weighted by atomic mass is 10.1. The highest BCUT2D eigenvalue weighted by molar-refractivity contribution is 9.10. The van der Waals surface area contributed by atoms with Crippen LogP contribution in [-0.2, 0) is 13.0 Å². The van der Waals surface area contributed by atoms with Crippen molar-refractivity contribution in [2.75, 3.05) is 13.6 Å². The lowest BCUT2D eigenvalue weighted by Crippen LogP contribution is -2.21. The van der Waals surface area contributed by atoms with E-state index in [2.05, 4.69) is 62.1 Å². The largest absolute Gasteiger partial charge is 0.300 e. The highest BCUT2D eigenvalue weighted by atomic mass is 79.9. The molecule has 100 valence electrons. The number of aromatic nitrogens is 2. The number of benzene rings is 1. The van der Waals surface area contributed by atoms with Crippen molar-refractivity contribution in [2.45, 2.75) is 19.9 Å². The van der Waals surface area contributed by atoms with Crippen molar-refractivity contribution >= 4 is 15.9 Å². The predicted molar refractivity (Wildman–Crippen MR) is 80.9 cm³/mol. The molecule has 0 saturated carbocycles. The van der Waals surface area contributed by atoms with Gasteiger partial charge in [0.2, 0.25) is 0 Å². The van der Waals surface area contributed by atoms with Crippen molar-refractivity contribution in [2.24, 2.45) is 0 Å². The molecule has 1 heterocycles. The van der Waals surface area contributed by atoms with Crippen molar-refractivity contribution in [1.29, 1.82) is 0 Å². The van der Waals surface area contributed by atoms with Crippen molar-refractivity contribution in [3.8, 4) is 0 Å². The maximum atomic E-state index is 4.37. The van der Waals surface area contributed by atoms with Crippen molar-refractivity contribution in [3.63, 3.8) is 0 Å². The van der Waals surface area contributed by atoms with Gasteiger partial charge in [0, 0.05) is 30.0 Å². The molecule has 2 rings (SSSR count). The zero-order chi connectivity index (χ0) is 13.7. The van der Waals surface area contributed by atoms with E-state index in [9.17, 15) is 0 Å². The molecule has 0 aliphatic heterocycles. The van der Waals surface area contributed by atoms with E-state index in [4.69, 9.17) is 0 Å². The van der Waals surface area contributed by atoms with Gasteiger partial charge < -0.3 is 4.90 Å². The molecule has 0 N–H and O–H groups in total. The van der Waals surface area contributed by atoms with E-state index in [1.54, 1.807) is 0 Å². The molecule has 0 fully saturated rings. The zero-order valence-corrected chi connectivity index (χ0v) is 12.9. The van der Waals surface area contributed by atoms with E-state index in [1.165, 1.54) is 5.56 Å². The Morgan fingerprint density at radius 3 is 2.47 bits per heavy atom. The molecule has 0 radical (unpaired) electrons. The van der Waals surface area contributed by atoms with Crippen LogP contribution in [0.1, 0.15) is 17.0 Å². The Kier molecular flexibility index (Phi) is 5.05. The van der Waals surface area contributed by atoms with Crippen LogP contribution in [-0.4, -0.2) is 28.5 Å². The molecule has 19 heavy (non-hydrogen) atoms. The third-order valence-electron chi connectivity index (χ3n) is 2.96. The molecule has 0 aliphatic rings. The van der Waals surface area contributed by atoms with Gasteiger partial charge in [-0.05, 0) is 38.1 Å². The summed E-state index contributed by atoms with van der Waals surface area (Å²) in [5, 5.41) is 0. The Labute approximate surface area is 122 Å². The SMILES string of the molecule is Cc1cnc(CN(C)CCc2ccc(Br)cc2)cn1. The topological polar surface area (TPSA) is 29.0 Å². The Balaban J connectivity index is 1.82. The first-order chi connectivity index (χ1) is 9.13. The highest BCUT2D eigenvalue weighted by Crippen LogP contribution is 2.11. The lowest BCUT2D eigenvalue weighted by molar-refractivity contribution is 0.326. The minimum Gasteiger partial charge on any atom is -0.300 e. The molecule has 0 aliphatic carbocycles. The van der Waals surface area contributed by atoms with Crippen LogP contribution in [0, 0.1) is 6.92 Å². The molecule has 1 aromatic heterocycles. The average Bonchev–Trinajstić information content (AvgIpc) is 2.41. The van der Waals surface area contributed by atoms with Gasteiger partial charge in [-0.2, -0.15) is 0 Å². The third kappa shape index (κ3) is 4.73. The Hall–Kier alpha value is -1.26. The van der Waals surface area contributed by atoms with Gasteiger partial charge in [0.15, 0.2) is 0 Å². The first kappa shape index (κ1) is 14.2. The number of halogens is 1. The van der Waals surface area contributed by atoms with Gasteiger partial charge in [0.1, 0.15) is 0 Å². The molecule has 0 atom stereocenters. The molecule has 3 nitrogen and oxygen atoms in total. The fourth-order valence-electron chi connectivity index (χ4n) is 1.83.